The molecule has 12 heavy (non-hydrogen) atoms. The van der Waals surface area contributed by atoms with Gasteiger partial charge in [0, 0.05) is 32.7 Å². The van der Waals surface area contributed by atoms with Crippen LogP contribution in [-0.2, 0) is 32.7 Å². The van der Waals surface area contributed by atoms with Crippen LogP contribution in [0.15, 0.2) is 17.7 Å². The predicted octanol–water partition coefficient (Wildman–Crippen LogP) is 3.60. The smallest absolute Gasteiger partial charge is 0 e. The van der Waals surface area contributed by atoms with Crippen molar-refractivity contribution >= 4 is 0 Å². The van der Waals surface area contributed by atoms with Gasteiger partial charge in [-0.25, -0.2) is 5.57 Å². The van der Waals surface area contributed by atoms with E-state index in [0.717, 1.165) is 0 Å². The van der Waals surface area contributed by atoms with E-state index in [1.165, 1.54) is 11.1 Å². The fourth-order valence-electron chi connectivity index (χ4n) is 0.959. The van der Waals surface area contributed by atoms with E-state index in [9.17, 15) is 0 Å². The Labute approximate surface area is 102 Å². The first-order chi connectivity index (χ1) is 4.95. The van der Waals surface area contributed by atoms with Gasteiger partial charge in [0.05, 0.1) is 0 Å². The molecule has 0 aromatic carbocycles. The third-order valence-electron chi connectivity index (χ3n) is 1.68. The fraction of sp³-hybridized carbons (Fsp3) is 0.636. The van der Waals surface area contributed by atoms with Gasteiger partial charge in [-0.3, -0.25) is 6.08 Å². The molecule has 0 heterocycles. The molecule has 0 spiro atoms. The molecule has 0 bridgehead atoms. The van der Waals surface area contributed by atoms with Gasteiger partial charge in [0.2, 0.25) is 0 Å². The molecule has 67 valence electrons. The molecule has 1 radical (unpaired) electrons. The van der Waals surface area contributed by atoms with E-state index in [2.05, 4.69) is 47.3 Å². The molecule has 0 aromatic rings. The maximum atomic E-state index is 4.01. The minimum Gasteiger partial charge on any atom is -0.269 e. The zero-order chi connectivity index (χ0) is 9.02. The Balaban J connectivity index is 0. The number of allylic oxidation sites excluding steroid dienone is 3. The second-order valence-corrected chi connectivity index (χ2v) is 3.60. The Morgan fingerprint density at radius 1 is 1.17 bits per heavy atom. The summed E-state index contributed by atoms with van der Waals surface area (Å²) >= 11 is 0. The van der Waals surface area contributed by atoms with E-state index in [-0.39, 0.29) is 32.7 Å². The molecular formula is C11H19Y-. The first kappa shape index (κ1) is 15.1. The summed E-state index contributed by atoms with van der Waals surface area (Å²) in [6.45, 7) is 14.7. The summed E-state index contributed by atoms with van der Waals surface area (Å²) in [5.74, 6) is 1.05. The van der Waals surface area contributed by atoms with Crippen molar-refractivity contribution in [3.63, 3.8) is 0 Å². The van der Waals surface area contributed by atoms with Gasteiger partial charge in [-0.15, -0.1) is 5.92 Å². The molecule has 0 rings (SSSR count). The Kier molecular flexibility index (Phi) is 8.83. The van der Waals surface area contributed by atoms with Crippen LogP contribution in [0, 0.1) is 17.9 Å². The van der Waals surface area contributed by atoms with Crippen molar-refractivity contribution < 1.29 is 32.7 Å². The Bertz CT molecular complexity index is 164. The molecule has 0 unspecified atom stereocenters. The number of hydrogen-bond donors (Lipinski definition) is 0. The van der Waals surface area contributed by atoms with Gasteiger partial charge in [-0.1, -0.05) is 40.5 Å². The minimum absolute atomic E-state index is 0. The Morgan fingerprint density at radius 3 is 1.83 bits per heavy atom. The van der Waals surface area contributed by atoms with Gasteiger partial charge < -0.3 is 0 Å². The first-order valence-corrected chi connectivity index (χ1v) is 4.24. The summed E-state index contributed by atoms with van der Waals surface area (Å²) in [5, 5.41) is 0. The van der Waals surface area contributed by atoms with Crippen LogP contribution < -0.4 is 0 Å². The van der Waals surface area contributed by atoms with Crippen molar-refractivity contribution in [2.24, 2.45) is 11.8 Å². The molecule has 0 fully saturated rings. The molecule has 0 amide bonds. The Morgan fingerprint density at radius 2 is 1.58 bits per heavy atom. The van der Waals surface area contributed by atoms with Crippen molar-refractivity contribution in [3.8, 4) is 0 Å². The van der Waals surface area contributed by atoms with Crippen LogP contribution >= 0.6 is 0 Å². The van der Waals surface area contributed by atoms with Crippen molar-refractivity contribution in [2.45, 2.75) is 34.6 Å². The molecule has 0 nitrogen and oxygen atoms in total. The van der Waals surface area contributed by atoms with Crippen molar-refractivity contribution in [1.29, 1.82) is 0 Å². The second kappa shape index (κ2) is 7.03. The quantitative estimate of drug-likeness (QED) is 0.522. The van der Waals surface area contributed by atoms with E-state index >= 15 is 0 Å². The monoisotopic (exact) mass is 240 g/mol. The fourth-order valence-corrected chi connectivity index (χ4v) is 0.959. The molecule has 0 aliphatic carbocycles. The van der Waals surface area contributed by atoms with Crippen molar-refractivity contribution in [2.75, 3.05) is 0 Å². The standard InChI is InChI=1S/C11H19.Y/c1-8(2)7-10(5)11(6)9(3)4;/h8-9H,6H2,1-5H3;/q-1;. The van der Waals surface area contributed by atoms with Gasteiger partial charge >= 0.3 is 0 Å². The van der Waals surface area contributed by atoms with E-state index in [1.807, 2.05) is 0 Å². The average molecular weight is 240 g/mol. The normalized spacial score (nSPS) is 11.8. The van der Waals surface area contributed by atoms with Crippen LogP contribution in [-0.4, -0.2) is 0 Å². The van der Waals surface area contributed by atoms with Crippen molar-refractivity contribution in [3.05, 3.63) is 23.8 Å². The van der Waals surface area contributed by atoms with Gasteiger partial charge in [-0.05, 0) is 0 Å². The van der Waals surface area contributed by atoms with Crippen molar-refractivity contribution in [1.82, 2.24) is 0 Å². The molecule has 0 aliphatic heterocycles. The summed E-state index contributed by atoms with van der Waals surface area (Å²) in [6.07, 6.45) is 3.34. The first-order valence-electron chi connectivity index (χ1n) is 4.24. The minimum atomic E-state index is 0. The van der Waals surface area contributed by atoms with Gasteiger partial charge in [-0.2, -0.15) is 12.2 Å². The zero-order valence-electron chi connectivity index (χ0n) is 8.94. The van der Waals surface area contributed by atoms with E-state index < -0.39 is 0 Å². The van der Waals surface area contributed by atoms with Crippen LogP contribution in [0.5, 0.6) is 0 Å². The largest absolute Gasteiger partial charge is 0.269 e. The van der Waals surface area contributed by atoms with Crippen LogP contribution in [0.1, 0.15) is 34.6 Å². The van der Waals surface area contributed by atoms with Crippen LogP contribution in [0.25, 0.3) is 0 Å². The number of rotatable bonds is 3. The molecule has 0 aliphatic rings. The molecule has 0 N–H and O–H groups in total. The van der Waals surface area contributed by atoms with Crippen LogP contribution in [0.2, 0.25) is 0 Å². The third-order valence-corrected chi connectivity index (χ3v) is 1.68. The van der Waals surface area contributed by atoms with Crippen LogP contribution in [0.4, 0.5) is 0 Å². The topological polar surface area (TPSA) is 0 Å². The average Bonchev–Trinajstić information content (AvgIpc) is 1.84. The summed E-state index contributed by atoms with van der Waals surface area (Å²) < 4.78 is 0. The molecule has 0 atom stereocenters. The second-order valence-electron chi connectivity index (χ2n) is 3.60. The van der Waals surface area contributed by atoms with Gasteiger partial charge in [0.1, 0.15) is 0 Å². The SMILES string of the molecule is C=C(C(C)=[C-]C(C)C)C(C)C.[Y]. The summed E-state index contributed by atoms with van der Waals surface area (Å²) in [7, 11) is 0. The molecular weight excluding hydrogens is 221 g/mol. The summed E-state index contributed by atoms with van der Waals surface area (Å²) in [6, 6.07) is 0. The number of hydrogen-bond acceptors (Lipinski definition) is 0. The van der Waals surface area contributed by atoms with E-state index in [4.69, 9.17) is 0 Å². The predicted molar refractivity (Wildman–Crippen MR) is 51.2 cm³/mol. The van der Waals surface area contributed by atoms with E-state index in [1.54, 1.807) is 0 Å². The summed E-state index contributed by atoms with van der Waals surface area (Å²) in [4.78, 5) is 0. The molecule has 0 saturated carbocycles. The zero-order valence-corrected chi connectivity index (χ0v) is 11.8. The maximum Gasteiger partial charge on any atom is 0 e. The van der Waals surface area contributed by atoms with Gasteiger partial charge in [0.15, 0.2) is 0 Å². The van der Waals surface area contributed by atoms with Gasteiger partial charge in [0.25, 0.3) is 0 Å². The third kappa shape index (κ3) is 6.14. The molecule has 0 aromatic heterocycles. The summed E-state index contributed by atoms with van der Waals surface area (Å²) in [5.41, 5.74) is 2.42. The van der Waals surface area contributed by atoms with Crippen LogP contribution in [0.3, 0.4) is 0 Å². The van der Waals surface area contributed by atoms with E-state index in [0.29, 0.717) is 11.8 Å². The molecule has 1 heteroatoms. The maximum absolute atomic E-state index is 4.01. The Hall–Kier alpha value is 0.584. The molecule has 0 saturated heterocycles.